The number of hydrogen-bond donors (Lipinski definition) is 2. The van der Waals surface area contributed by atoms with Crippen LogP contribution >= 0.6 is 0 Å². The average molecular weight is 246 g/mol. The molecule has 0 atom stereocenters. The van der Waals surface area contributed by atoms with Crippen LogP contribution in [0, 0.1) is 0 Å². The molecule has 2 N–H and O–H groups in total. The van der Waals surface area contributed by atoms with E-state index in [4.69, 9.17) is 0 Å². The number of rotatable bonds is 4. The first-order valence-electron chi connectivity index (χ1n) is 5.87. The number of anilines is 1. The van der Waals surface area contributed by atoms with E-state index in [-0.39, 0.29) is 11.8 Å². The van der Waals surface area contributed by atoms with Crippen molar-refractivity contribution in [2.45, 2.75) is 20.8 Å². The Bertz CT molecular complexity index is 457. The Labute approximate surface area is 107 Å². The molecule has 0 bridgehead atoms. The quantitative estimate of drug-likeness (QED) is 0.801. The average Bonchev–Trinajstić information content (AvgIpc) is 2.29. The van der Waals surface area contributed by atoms with E-state index in [2.05, 4.69) is 10.6 Å². The predicted molar refractivity (Wildman–Crippen MR) is 72.5 cm³/mol. The molecule has 18 heavy (non-hydrogen) atoms. The fraction of sp³-hybridized carbons (Fsp3) is 0.286. The van der Waals surface area contributed by atoms with Gasteiger partial charge in [-0.3, -0.25) is 9.59 Å². The maximum absolute atomic E-state index is 11.5. The molecular formula is C14H18N2O2. The van der Waals surface area contributed by atoms with Gasteiger partial charge in [0.2, 0.25) is 5.91 Å². The molecule has 1 aromatic rings. The highest BCUT2D eigenvalue weighted by Gasteiger charge is 2.04. The minimum absolute atomic E-state index is 0.111. The summed E-state index contributed by atoms with van der Waals surface area (Å²) in [6.07, 6.45) is 1.53. The number of hydrogen-bond acceptors (Lipinski definition) is 2. The Morgan fingerprint density at radius 1 is 1.17 bits per heavy atom. The van der Waals surface area contributed by atoms with Crippen LogP contribution in [-0.2, 0) is 4.79 Å². The summed E-state index contributed by atoms with van der Waals surface area (Å²) in [5.74, 6) is -0.277. The number of carbonyl (C=O) groups is 2. The smallest absolute Gasteiger partial charge is 0.251 e. The summed E-state index contributed by atoms with van der Waals surface area (Å²) in [4.78, 5) is 23.0. The van der Waals surface area contributed by atoms with Crippen molar-refractivity contribution in [2.24, 2.45) is 0 Å². The molecular weight excluding hydrogens is 228 g/mol. The standard InChI is InChI=1S/C14H18N2O2/c1-4-15-14(18)11-5-7-12(8-6-11)16-13(17)9-10(2)3/h5-9H,4H2,1-3H3,(H,15,18)(H,16,17). The van der Waals surface area contributed by atoms with Crippen molar-refractivity contribution < 1.29 is 9.59 Å². The van der Waals surface area contributed by atoms with Crippen LogP contribution in [-0.4, -0.2) is 18.4 Å². The number of allylic oxidation sites excluding steroid dienone is 1. The Morgan fingerprint density at radius 3 is 2.28 bits per heavy atom. The van der Waals surface area contributed by atoms with Gasteiger partial charge in [0.25, 0.3) is 5.91 Å². The molecule has 0 heterocycles. The molecule has 0 aliphatic carbocycles. The van der Waals surface area contributed by atoms with Crippen LogP contribution in [0.15, 0.2) is 35.9 Å². The maximum atomic E-state index is 11.5. The second-order valence-electron chi connectivity index (χ2n) is 4.15. The van der Waals surface area contributed by atoms with E-state index in [1.54, 1.807) is 24.3 Å². The Kier molecular flexibility index (Phi) is 5.11. The Hall–Kier alpha value is -2.10. The number of carbonyl (C=O) groups excluding carboxylic acids is 2. The summed E-state index contributed by atoms with van der Waals surface area (Å²) in [6.45, 7) is 6.18. The van der Waals surface area contributed by atoms with Gasteiger partial charge < -0.3 is 10.6 Å². The highest BCUT2D eigenvalue weighted by atomic mass is 16.2. The van der Waals surface area contributed by atoms with Crippen LogP contribution < -0.4 is 10.6 Å². The zero-order valence-electron chi connectivity index (χ0n) is 10.9. The molecule has 1 aromatic carbocycles. The van der Waals surface area contributed by atoms with Gasteiger partial charge in [0, 0.05) is 23.9 Å². The largest absolute Gasteiger partial charge is 0.352 e. The summed E-state index contributed by atoms with van der Waals surface area (Å²) in [7, 11) is 0. The normalized spacial score (nSPS) is 9.50. The Balaban J connectivity index is 2.69. The molecule has 0 fully saturated rings. The molecule has 4 heteroatoms. The van der Waals surface area contributed by atoms with Gasteiger partial charge in [-0.25, -0.2) is 0 Å². The first-order valence-corrected chi connectivity index (χ1v) is 5.87. The molecule has 96 valence electrons. The van der Waals surface area contributed by atoms with Crippen molar-refractivity contribution in [3.63, 3.8) is 0 Å². The molecule has 0 saturated heterocycles. The SMILES string of the molecule is CCNC(=O)c1ccc(NC(=O)C=C(C)C)cc1. The lowest BCUT2D eigenvalue weighted by molar-refractivity contribution is -0.111. The third kappa shape index (κ3) is 4.41. The summed E-state index contributed by atoms with van der Waals surface area (Å²) < 4.78 is 0. The van der Waals surface area contributed by atoms with Crippen LogP contribution in [0.25, 0.3) is 0 Å². The van der Waals surface area contributed by atoms with E-state index in [0.29, 0.717) is 17.8 Å². The first-order chi connectivity index (χ1) is 8.52. The minimum atomic E-state index is -0.166. The molecule has 0 aliphatic heterocycles. The number of benzene rings is 1. The van der Waals surface area contributed by atoms with Gasteiger partial charge in [-0.2, -0.15) is 0 Å². The highest BCUT2D eigenvalue weighted by Crippen LogP contribution is 2.09. The fourth-order valence-corrected chi connectivity index (χ4v) is 1.41. The summed E-state index contributed by atoms with van der Waals surface area (Å²) >= 11 is 0. The number of amides is 2. The van der Waals surface area contributed by atoms with E-state index < -0.39 is 0 Å². The van der Waals surface area contributed by atoms with Crippen LogP contribution in [0.2, 0.25) is 0 Å². The second-order valence-corrected chi connectivity index (χ2v) is 4.15. The molecule has 0 saturated carbocycles. The highest BCUT2D eigenvalue weighted by molar-refractivity contribution is 6.00. The predicted octanol–water partition coefficient (Wildman–Crippen LogP) is 2.34. The topological polar surface area (TPSA) is 58.2 Å². The van der Waals surface area contributed by atoms with Gasteiger partial charge in [-0.05, 0) is 45.0 Å². The van der Waals surface area contributed by atoms with Gasteiger partial charge in [-0.1, -0.05) is 5.57 Å². The minimum Gasteiger partial charge on any atom is -0.352 e. The van der Waals surface area contributed by atoms with Gasteiger partial charge in [-0.15, -0.1) is 0 Å². The molecule has 4 nitrogen and oxygen atoms in total. The van der Waals surface area contributed by atoms with E-state index >= 15 is 0 Å². The third-order valence-corrected chi connectivity index (χ3v) is 2.17. The van der Waals surface area contributed by atoms with Crippen LogP contribution in [0.3, 0.4) is 0 Å². The molecule has 2 amide bonds. The van der Waals surface area contributed by atoms with E-state index in [0.717, 1.165) is 5.57 Å². The van der Waals surface area contributed by atoms with Gasteiger partial charge >= 0.3 is 0 Å². The second kappa shape index (κ2) is 6.59. The molecule has 0 aliphatic rings. The van der Waals surface area contributed by atoms with Crippen molar-refractivity contribution in [1.29, 1.82) is 0 Å². The van der Waals surface area contributed by atoms with Gasteiger partial charge in [0.1, 0.15) is 0 Å². The molecule has 0 spiro atoms. The van der Waals surface area contributed by atoms with Crippen molar-refractivity contribution >= 4 is 17.5 Å². The van der Waals surface area contributed by atoms with Crippen LogP contribution in [0.4, 0.5) is 5.69 Å². The maximum Gasteiger partial charge on any atom is 0.251 e. The van der Waals surface area contributed by atoms with Crippen LogP contribution in [0.5, 0.6) is 0 Å². The van der Waals surface area contributed by atoms with Gasteiger partial charge in [0.05, 0.1) is 0 Å². The number of nitrogens with one attached hydrogen (secondary N) is 2. The van der Waals surface area contributed by atoms with E-state index in [1.165, 1.54) is 6.08 Å². The van der Waals surface area contributed by atoms with E-state index in [1.807, 2.05) is 20.8 Å². The molecule has 0 radical (unpaired) electrons. The monoisotopic (exact) mass is 246 g/mol. The van der Waals surface area contributed by atoms with Crippen molar-refractivity contribution in [1.82, 2.24) is 5.32 Å². The first kappa shape index (κ1) is 14.0. The van der Waals surface area contributed by atoms with Crippen molar-refractivity contribution in [3.8, 4) is 0 Å². The molecule has 0 aromatic heterocycles. The van der Waals surface area contributed by atoms with Crippen molar-refractivity contribution in [2.75, 3.05) is 11.9 Å². The van der Waals surface area contributed by atoms with Gasteiger partial charge in [0.15, 0.2) is 0 Å². The zero-order chi connectivity index (χ0) is 13.5. The summed E-state index contributed by atoms with van der Waals surface area (Å²) in [5, 5.41) is 5.44. The van der Waals surface area contributed by atoms with Crippen molar-refractivity contribution in [3.05, 3.63) is 41.5 Å². The fourth-order valence-electron chi connectivity index (χ4n) is 1.41. The third-order valence-electron chi connectivity index (χ3n) is 2.17. The van der Waals surface area contributed by atoms with E-state index in [9.17, 15) is 9.59 Å². The lowest BCUT2D eigenvalue weighted by Crippen LogP contribution is -2.22. The lowest BCUT2D eigenvalue weighted by atomic mass is 10.2. The lowest BCUT2D eigenvalue weighted by Gasteiger charge is -2.05. The Morgan fingerprint density at radius 2 is 1.78 bits per heavy atom. The molecule has 1 rings (SSSR count). The zero-order valence-corrected chi connectivity index (χ0v) is 10.9. The summed E-state index contributed by atoms with van der Waals surface area (Å²) in [5.41, 5.74) is 2.19. The molecule has 0 unspecified atom stereocenters. The van der Waals surface area contributed by atoms with Crippen LogP contribution in [0.1, 0.15) is 31.1 Å². The summed E-state index contributed by atoms with van der Waals surface area (Å²) in [6, 6.07) is 6.79.